The predicted octanol–water partition coefficient (Wildman–Crippen LogP) is 6.56. The molecule has 0 N–H and O–H groups in total. The zero-order valence-corrected chi connectivity index (χ0v) is 19.2. The Labute approximate surface area is 189 Å². The topological polar surface area (TPSA) is 29.5 Å². The Morgan fingerprint density at radius 1 is 1.14 bits per heavy atom. The van der Waals surface area contributed by atoms with Crippen LogP contribution >= 0.6 is 39.9 Å². The fourth-order valence-corrected chi connectivity index (χ4v) is 5.54. The standard InChI is InChI=1S/C23H22BrNO2S2/c24-18-11-12-20(27-15-16-7-3-1-4-8-16)17(13-18)14-21-22(26)25(23(28)29-21)19-9-5-2-6-10-19/h1,3-4,7-8,11-14,19H,2,5-6,9-10,15H2/b21-14+. The van der Waals surface area contributed by atoms with E-state index in [-0.39, 0.29) is 11.9 Å². The SMILES string of the molecule is O=C1/C(=C\c2cc(Br)ccc2OCc2ccccc2)SC(=S)N1C1CCCCC1. The van der Waals surface area contributed by atoms with Crippen LogP contribution in [0.15, 0.2) is 57.9 Å². The molecule has 0 aromatic heterocycles. The lowest BCUT2D eigenvalue weighted by atomic mass is 9.94. The summed E-state index contributed by atoms with van der Waals surface area (Å²) in [6.45, 7) is 0.479. The third-order valence-electron chi connectivity index (χ3n) is 5.26. The van der Waals surface area contributed by atoms with Crippen molar-refractivity contribution in [2.45, 2.75) is 44.8 Å². The summed E-state index contributed by atoms with van der Waals surface area (Å²) < 4.78 is 7.68. The summed E-state index contributed by atoms with van der Waals surface area (Å²) in [5.74, 6) is 0.779. The zero-order chi connectivity index (χ0) is 20.2. The molecule has 1 saturated carbocycles. The van der Waals surface area contributed by atoms with E-state index < -0.39 is 0 Å². The number of halogens is 1. The molecule has 1 aliphatic carbocycles. The molecule has 3 nitrogen and oxygen atoms in total. The molecule has 1 aliphatic heterocycles. The molecule has 0 bridgehead atoms. The maximum Gasteiger partial charge on any atom is 0.266 e. The number of amides is 1. The van der Waals surface area contributed by atoms with E-state index in [9.17, 15) is 4.79 Å². The molecule has 4 rings (SSSR count). The molecule has 2 fully saturated rings. The second kappa shape index (κ2) is 9.45. The Balaban J connectivity index is 1.56. The van der Waals surface area contributed by atoms with Crippen molar-refractivity contribution in [3.05, 3.63) is 69.0 Å². The van der Waals surface area contributed by atoms with Gasteiger partial charge in [-0.05, 0) is 42.7 Å². The summed E-state index contributed by atoms with van der Waals surface area (Å²) in [7, 11) is 0. The summed E-state index contributed by atoms with van der Waals surface area (Å²) >= 11 is 10.5. The zero-order valence-electron chi connectivity index (χ0n) is 16.0. The van der Waals surface area contributed by atoms with Crippen molar-refractivity contribution in [2.75, 3.05) is 0 Å². The van der Waals surface area contributed by atoms with Gasteiger partial charge in [-0.2, -0.15) is 0 Å². The van der Waals surface area contributed by atoms with Gasteiger partial charge in [-0.3, -0.25) is 9.69 Å². The summed E-state index contributed by atoms with van der Waals surface area (Å²) in [4.78, 5) is 15.6. The van der Waals surface area contributed by atoms with Crippen LogP contribution in [0.5, 0.6) is 5.75 Å². The van der Waals surface area contributed by atoms with Crippen LogP contribution in [0.4, 0.5) is 0 Å². The van der Waals surface area contributed by atoms with Crippen LogP contribution < -0.4 is 4.74 Å². The number of rotatable bonds is 5. The third kappa shape index (κ3) is 4.93. The molecule has 1 amide bonds. The van der Waals surface area contributed by atoms with Crippen LogP contribution in [-0.2, 0) is 11.4 Å². The van der Waals surface area contributed by atoms with Gasteiger partial charge in [0, 0.05) is 16.1 Å². The van der Waals surface area contributed by atoms with Gasteiger partial charge in [0.2, 0.25) is 0 Å². The van der Waals surface area contributed by atoms with E-state index in [2.05, 4.69) is 15.9 Å². The number of ether oxygens (including phenoxy) is 1. The lowest BCUT2D eigenvalue weighted by Crippen LogP contribution is -2.39. The quantitative estimate of drug-likeness (QED) is 0.352. The van der Waals surface area contributed by atoms with Crippen molar-refractivity contribution in [2.24, 2.45) is 0 Å². The second-order valence-corrected chi connectivity index (χ2v) is 9.89. The molecule has 150 valence electrons. The summed E-state index contributed by atoms with van der Waals surface area (Å²) in [6.07, 6.45) is 7.59. The van der Waals surface area contributed by atoms with E-state index in [0.29, 0.717) is 15.8 Å². The van der Waals surface area contributed by atoms with Gasteiger partial charge < -0.3 is 4.74 Å². The van der Waals surface area contributed by atoms with Crippen molar-refractivity contribution < 1.29 is 9.53 Å². The molecule has 29 heavy (non-hydrogen) atoms. The first-order valence-electron chi connectivity index (χ1n) is 9.85. The van der Waals surface area contributed by atoms with Crippen LogP contribution in [0.2, 0.25) is 0 Å². The van der Waals surface area contributed by atoms with Crippen molar-refractivity contribution >= 4 is 56.2 Å². The largest absolute Gasteiger partial charge is 0.488 e. The highest BCUT2D eigenvalue weighted by molar-refractivity contribution is 9.10. The number of carbonyl (C=O) groups is 1. The number of thiocarbonyl (C=S) groups is 1. The first-order valence-corrected chi connectivity index (χ1v) is 11.9. The lowest BCUT2D eigenvalue weighted by Gasteiger charge is -2.29. The number of hydrogen-bond donors (Lipinski definition) is 0. The van der Waals surface area contributed by atoms with E-state index in [1.165, 1.54) is 31.0 Å². The van der Waals surface area contributed by atoms with Crippen molar-refractivity contribution in [3.63, 3.8) is 0 Å². The average molecular weight is 488 g/mol. The maximum atomic E-state index is 13.1. The highest BCUT2D eigenvalue weighted by atomic mass is 79.9. The maximum absolute atomic E-state index is 13.1. The molecule has 1 saturated heterocycles. The van der Waals surface area contributed by atoms with Crippen molar-refractivity contribution in [1.82, 2.24) is 4.90 Å². The van der Waals surface area contributed by atoms with E-state index in [1.807, 2.05) is 59.5 Å². The van der Waals surface area contributed by atoms with Gasteiger partial charge in [-0.1, -0.05) is 89.5 Å². The Hall–Kier alpha value is -1.63. The van der Waals surface area contributed by atoms with E-state index in [0.717, 1.165) is 34.2 Å². The van der Waals surface area contributed by atoms with E-state index >= 15 is 0 Å². The van der Waals surface area contributed by atoms with Crippen molar-refractivity contribution in [1.29, 1.82) is 0 Å². The fraction of sp³-hybridized carbons (Fsp3) is 0.304. The Morgan fingerprint density at radius 2 is 1.90 bits per heavy atom. The predicted molar refractivity (Wildman–Crippen MR) is 127 cm³/mol. The van der Waals surface area contributed by atoms with E-state index in [4.69, 9.17) is 17.0 Å². The average Bonchev–Trinajstić information content (AvgIpc) is 3.02. The van der Waals surface area contributed by atoms with E-state index in [1.54, 1.807) is 0 Å². The van der Waals surface area contributed by atoms with Gasteiger partial charge in [0.25, 0.3) is 5.91 Å². The van der Waals surface area contributed by atoms with Crippen LogP contribution in [0, 0.1) is 0 Å². The molecule has 0 radical (unpaired) electrons. The minimum absolute atomic E-state index is 0.0286. The third-order valence-corrected chi connectivity index (χ3v) is 7.08. The van der Waals surface area contributed by atoms with Gasteiger partial charge in [0.15, 0.2) is 0 Å². The second-order valence-electron chi connectivity index (χ2n) is 7.30. The minimum atomic E-state index is 0.0286. The molecule has 2 aromatic carbocycles. The highest BCUT2D eigenvalue weighted by Crippen LogP contribution is 2.38. The summed E-state index contributed by atoms with van der Waals surface area (Å²) in [6, 6.07) is 16.2. The molecule has 6 heteroatoms. The normalized spacial score (nSPS) is 19.2. The monoisotopic (exact) mass is 487 g/mol. The first-order chi connectivity index (χ1) is 14.1. The molecular weight excluding hydrogens is 466 g/mol. The smallest absolute Gasteiger partial charge is 0.266 e. The molecule has 2 aromatic rings. The van der Waals surface area contributed by atoms with Crippen LogP contribution in [0.25, 0.3) is 6.08 Å². The molecule has 2 aliphatic rings. The first kappa shape index (κ1) is 20.6. The fourth-order valence-electron chi connectivity index (χ4n) is 3.77. The highest BCUT2D eigenvalue weighted by Gasteiger charge is 2.37. The Kier molecular flexibility index (Phi) is 6.73. The number of carbonyl (C=O) groups excluding carboxylic acids is 1. The number of hydrogen-bond acceptors (Lipinski definition) is 4. The van der Waals surface area contributed by atoms with Gasteiger partial charge in [-0.25, -0.2) is 0 Å². The number of benzene rings is 2. The summed E-state index contributed by atoms with van der Waals surface area (Å²) in [5, 5.41) is 0. The summed E-state index contributed by atoms with van der Waals surface area (Å²) in [5.41, 5.74) is 1.98. The molecule has 0 spiro atoms. The molecule has 0 unspecified atom stereocenters. The van der Waals surface area contributed by atoms with Gasteiger partial charge in [0.05, 0.1) is 4.91 Å². The molecular formula is C23H22BrNO2S2. The van der Waals surface area contributed by atoms with Crippen molar-refractivity contribution in [3.8, 4) is 5.75 Å². The number of thioether (sulfide) groups is 1. The molecule has 1 heterocycles. The molecule has 0 atom stereocenters. The lowest BCUT2D eigenvalue weighted by molar-refractivity contribution is -0.124. The van der Waals surface area contributed by atoms with Crippen LogP contribution in [-0.4, -0.2) is 21.2 Å². The Bertz CT molecular complexity index is 939. The Morgan fingerprint density at radius 3 is 2.66 bits per heavy atom. The van der Waals surface area contributed by atoms with Gasteiger partial charge >= 0.3 is 0 Å². The van der Waals surface area contributed by atoms with Gasteiger partial charge in [0.1, 0.15) is 16.7 Å². The van der Waals surface area contributed by atoms with Crippen LogP contribution in [0.1, 0.15) is 43.2 Å². The number of nitrogens with zero attached hydrogens (tertiary/aromatic N) is 1. The van der Waals surface area contributed by atoms with Crippen LogP contribution in [0.3, 0.4) is 0 Å². The van der Waals surface area contributed by atoms with Gasteiger partial charge in [-0.15, -0.1) is 0 Å². The minimum Gasteiger partial charge on any atom is -0.488 e.